The van der Waals surface area contributed by atoms with Gasteiger partial charge >= 0.3 is 0 Å². The van der Waals surface area contributed by atoms with E-state index in [1.54, 1.807) is 0 Å². The molecule has 2 bridgehead atoms. The van der Waals surface area contributed by atoms with Gasteiger partial charge in [0.1, 0.15) is 0 Å². The predicted molar refractivity (Wildman–Crippen MR) is 62.3 cm³/mol. The zero-order chi connectivity index (χ0) is 9.71. The summed E-state index contributed by atoms with van der Waals surface area (Å²) in [5.41, 5.74) is 6.03. The van der Waals surface area contributed by atoms with Crippen LogP contribution in [0, 0.1) is 5.92 Å². The van der Waals surface area contributed by atoms with Crippen LogP contribution in [0.15, 0.2) is 15.9 Å². The van der Waals surface area contributed by atoms with Crippen molar-refractivity contribution in [2.24, 2.45) is 11.7 Å². The van der Waals surface area contributed by atoms with Crippen LogP contribution < -0.4 is 5.73 Å². The summed E-state index contributed by atoms with van der Waals surface area (Å²) in [7, 11) is 0. The number of hydrogen-bond donors (Lipinski definition) is 1. The van der Waals surface area contributed by atoms with Crippen LogP contribution in [-0.4, -0.2) is 23.5 Å². The standard InChI is InChI=1S/C10H13BrN2S/c11-7-2-8(14-5-7)4-13-3-6-1-9(13)10(6)12/h2,5-6,9-10H,1,3-4,12H2. The molecule has 3 aliphatic rings. The van der Waals surface area contributed by atoms with Gasteiger partial charge in [-0.25, -0.2) is 0 Å². The van der Waals surface area contributed by atoms with Gasteiger partial charge in [0.15, 0.2) is 0 Å². The van der Waals surface area contributed by atoms with Gasteiger partial charge in [0.25, 0.3) is 0 Å². The molecule has 1 aromatic heterocycles. The third kappa shape index (κ3) is 1.36. The van der Waals surface area contributed by atoms with E-state index in [9.17, 15) is 0 Å². The molecule has 3 heterocycles. The van der Waals surface area contributed by atoms with Crippen LogP contribution in [0.1, 0.15) is 11.3 Å². The Balaban J connectivity index is 1.69. The molecule has 3 atom stereocenters. The zero-order valence-corrected chi connectivity index (χ0v) is 10.2. The van der Waals surface area contributed by atoms with E-state index in [1.807, 2.05) is 11.3 Å². The molecule has 3 unspecified atom stereocenters. The van der Waals surface area contributed by atoms with E-state index < -0.39 is 0 Å². The van der Waals surface area contributed by atoms with Crippen molar-refractivity contribution in [1.29, 1.82) is 0 Å². The van der Waals surface area contributed by atoms with Gasteiger partial charge in [0.05, 0.1) is 0 Å². The van der Waals surface area contributed by atoms with Gasteiger partial charge in [0.2, 0.25) is 0 Å². The smallest absolute Gasteiger partial charge is 0.0332 e. The van der Waals surface area contributed by atoms with Crippen LogP contribution in [0.3, 0.4) is 0 Å². The molecule has 4 rings (SSSR count). The molecule has 3 fully saturated rings. The largest absolute Gasteiger partial charge is 0.326 e. The Morgan fingerprint density at radius 2 is 2.50 bits per heavy atom. The Morgan fingerprint density at radius 3 is 3.00 bits per heavy atom. The zero-order valence-electron chi connectivity index (χ0n) is 7.82. The first-order valence-electron chi connectivity index (χ1n) is 4.96. The second-order valence-electron chi connectivity index (χ2n) is 4.30. The molecular formula is C10H13BrN2S. The van der Waals surface area contributed by atoms with E-state index in [0.717, 1.165) is 12.5 Å². The normalized spacial score (nSPS) is 36.0. The SMILES string of the molecule is NC1C2CC1N(Cc1cc(Br)cs1)C2. The van der Waals surface area contributed by atoms with E-state index in [-0.39, 0.29) is 0 Å². The minimum Gasteiger partial charge on any atom is -0.326 e. The number of nitrogens with zero attached hydrogens (tertiary/aromatic N) is 1. The number of halogens is 1. The molecule has 0 radical (unpaired) electrons. The highest BCUT2D eigenvalue weighted by atomic mass is 79.9. The van der Waals surface area contributed by atoms with Crippen molar-refractivity contribution in [3.05, 3.63) is 20.8 Å². The van der Waals surface area contributed by atoms with Crippen LogP contribution in [-0.2, 0) is 6.54 Å². The van der Waals surface area contributed by atoms with Gasteiger partial charge < -0.3 is 5.73 Å². The molecule has 1 saturated carbocycles. The highest BCUT2D eigenvalue weighted by molar-refractivity contribution is 9.10. The van der Waals surface area contributed by atoms with Gasteiger partial charge in [0, 0.05) is 39.9 Å². The predicted octanol–water partition coefficient (Wildman–Crippen LogP) is 2.04. The van der Waals surface area contributed by atoms with E-state index >= 15 is 0 Å². The maximum atomic E-state index is 6.03. The topological polar surface area (TPSA) is 29.3 Å². The van der Waals surface area contributed by atoms with Gasteiger partial charge in [-0.15, -0.1) is 11.3 Å². The molecule has 4 heteroatoms. The number of thiophene rings is 1. The number of hydrogen-bond acceptors (Lipinski definition) is 3. The summed E-state index contributed by atoms with van der Waals surface area (Å²) < 4.78 is 1.20. The van der Waals surface area contributed by atoms with Gasteiger partial charge in [-0.3, -0.25) is 4.90 Å². The third-order valence-electron chi connectivity index (χ3n) is 3.45. The fourth-order valence-corrected chi connectivity index (χ4v) is 4.06. The molecule has 2 nitrogen and oxygen atoms in total. The second kappa shape index (κ2) is 3.30. The molecule has 14 heavy (non-hydrogen) atoms. The number of fused-ring (bicyclic) bond motifs is 1. The van der Waals surface area contributed by atoms with E-state index in [0.29, 0.717) is 12.1 Å². The highest BCUT2D eigenvalue weighted by Gasteiger charge is 2.49. The van der Waals surface area contributed by atoms with Crippen molar-refractivity contribution < 1.29 is 0 Å². The lowest BCUT2D eigenvalue weighted by Gasteiger charge is -2.33. The lowest BCUT2D eigenvalue weighted by atomic mass is 9.81. The lowest BCUT2D eigenvalue weighted by molar-refractivity contribution is 0.209. The van der Waals surface area contributed by atoms with Crippen molar-refractivity contribution in [2.45, 2.75) is 25.0 Å². The Hall–Kier alpha value is 0.1000. The fraction of sp³-hybridized carbons (Fsp3) is 0.600. The molecule has 2 aliphatic heterocycles. The number of rotatable bonds is 2. The van der Waals surface area contributed by atoms with Crippen molar-refractivity contribution in [3.8, 4) is 0 Å². The third-order valence-corrected chi connectivity index (χ3v) is 5.13. The van der Waals surface area contributed by atoms with Crippen molar-refractivity contribution in [3.63, 3.8) is 0 Å². The van der Waals surface area contributed by atoms with Crippen LogP contribution in [0.4, 0.5) is 0 Å². The average molecular weight is 273 g/mol. The van der Waals surface area contributed by atoms with Crippen LogP contribution in [0.5, 0.6) is 0 Å². The Kier molecular flexibility index (Phi) is 2.20. The fourth-order valence-electron chi connectivity index (χ4n) is 2.59. The summed E-state index contributed by atoms with van der Waals surface area (Å²) in [4.78, 5) is 3.98. The van der Waals surface area contributed by atoms with Crippen LogP contribution in [0.2, 0.25) is 0 Å². The first kappa shape index (κ1) is 9.33. The molecule has 1 aromatic rings. The minimum absolute atomic E-state index is 0.457. The summed E-state index contributed by atoms with van der Waals surface area (Å²) in [6, 6.07) is 3.34. The monoisotopic (exact) mass is 272 g/mol. The first-order chi connectivity index (χ1) is 6.74. The van der Waals surface area contributed by atoms with Gasteiger partial charge in [-0.2, -0.15) is 0 Å². The molecule has 0 amide bonds. The average Bonchev–Trinajstić information content (AvgIpc) is 2.79. The van der Waals surface area contributed by atoms with Crippen LogP contribution in [0.25, 0.3) is 0 Å². The van der Waals surface area contributed by atoms with Gasteiger partial charge in [-0.05, 0) is 34.3 Å². The summed E-state index contributed by atoms with van der Waals surface area (Å²) in [5.74, 6) is 0.781. The lowest BCUT2D eigenvalue weighted by Crippen LogP contribution is -2.49. The molecular weight excluding hydrogens is 260 g/mol. The Labute approximate surface area is 96.2 Å². The summed E-state index contributed by atoms with van der Waals surface area (Å²) in [6.45, 7) is 2.30. The maximum Gasteiger partial charge on any atom is 0.0332 e. The quantitative estimate of drug-likeness (QED) is 0.893. The second-order valence-corrected chi connectivity index (χ2v) is 6.21. The summed E-state index contributed by atoms with van der Waals surface area (Å²) >= 11 is 5.31. The molecule has 1 aliphatic carbocycles. The minimum atomic E-state index is 0.457. The van der Waals surface area contributed by atoms with Crippen molar-refractivity contribution in [2.75, 3.05) is 6.54 Å². The molecule has 2 N–H and O–H groups in total. The Morgan fingerprint density at radius 1 is 1.64 bits per heavy atom. The molecule has 76 valence electrons. The van der Waals surface area contributed by atoms with Crippen molar-refractivity contribution in [1.82, 2.24) is 4.90 Å². The van der Waals surface area contributed by atoms with Crippen molar-refractivity contribution >= 4 is 27.3 Å². The van der Waals surface area contributed by atoms with E-state index in [4.69, 9.17) is 5.73 Å². The molecule has 0 spiro atoms. The maximum absolute atomic E-state index is 6.03. The van der Waals surface area contributed by atoms with E-state index in [2.05, 4.69) is 32.3 Å². The summed E-state index contributed by atoms with van der Waals surface area (Å²) in [6.07, 6.45) is 1.33. The first-order valence-corrected chi connectivity index (χ1v) is 6.64. The Bertz CT molecular complexity index is 352. The molecule has 0 aromatic carbocycles. The number of nitrogens with two attached hydrogens (primary N) is 1. The van der Waals surface area contributed by atoms with Gasteiger partial charge in [-0.1, -0.05) is 0 Å². The highest BCUT2D eigenvalue weighted by Crippen LogP contribution is 2.40. The molecule has 2 saturated heterocycles. The van der Waals surface area contributed by atoms with E-state index in [1.165, 1.54) is 22.3 Å². The summed E-state index contributed by atoms with van der Waals surface area (Å²) in [5, 5.41) is 2.15. The van der Waals surface area contributed by atoms with Crippen LogP contribution >= 0.6 is 27.3 Å².